The van der Waals surface area contributed by atoms with Crippen LogP contribution in [0, 0.1) is 0 Å². The summed E-state index contributed by atoms with van der Waals surface area (Å²) >= 11 is 0. The number of carboxylic acids is 3. The van der Waals surface area contributed by atoms with E-state index in [-0.39, 0.29) is 43.5 Å². The van der Waals surface area contributed by atoms with Crippen molar-refractivity contribution in [2.24, 2.45) is 17.2 Å². The molecule has 1 aromatic heterocycles. The lowest BCUT2D eigenvalue weighted by atomic mass is 10.0. The van der Waals surface area contributed by atoms with E-state index in [1.807, 2.05) is 10.6 Å². The fourth-order valence-electron chi connectivity index (χ4n) is 11.5. The van der Waals surface area contributed by atoms with E-state index >= 15 is 0 Å². The number of amides is 15. The molecular formula is C71H100N18O25. The molecule has 3 aromatic rings. The molecule has 1 aliphatic heterocycles. The van der Waals surface area contributed by atoms with Crippen molar-refractivity contribution < 1.29 is 121 Å². The second-order valence-corrected chi connectivity index (χ2v) is 26.8. The number of unbranched alkanes of at least 4 members (excludes halogenated alkanes) is 6. The number of Topliss-reactive ketones (excluding diaryl/α,β-unsaturated/α-hetero) is 1. The molecule has 0 unspecified atom stereocenters. The summed E-state index contributed by atoms with van der Waals surface area (Å²) in [6.07, 6.45) is -2.85. The van der Waals surface area contributed by atoms with Gasteiger partial charge in [-0.1, -0.05) is 75.8 Å². The van der Waals surface area contributed by atoms with Crippen LogP contribution in [-0.4, -0.2) is 242 Å². The van der Waals surface area contributed by atoms with Crippen LogP contribution in [-0.2, 0) is 102 Å². The third kappa shape index (κ3) is 32.3. The van der Waals surface area contributed by atoms with E-state index in [9.17, 15) is 116 Å². The number of aliphatic carboxylic acids is 3. The van der Waals surface area contributed by atoms with E-state index in [2.05, 4.69) is 70.4 Å². The van der Waals surface area contributed by atoms with Gasteiger partial charge in [0, 0.05) is 54.0 Å². The number of carbonyl (C=O) groups is 20. The Labute approximate surface area is 651 Å². The molecule has 43 heteroatoms. The van der Waals surface area contributed by atoms with E-state index in [1.165, 1.54) is 24.3 Å². The standard InChI is InChI=1S/C71H100N18O25/c1-4-5-6-7-8-9-10-21-54(94)81-44(25-37-31-76-41-19-14-12-16-38(37)41)66(108)85-46(28-53(75)93)67(109)87-48(30-59(101)102)68(110)89-60-36(3)114-71(113)49(26-51(91)39-17-11-13-18-40(39)73)88-64(106)43(22-23-57(97)98)83-69(111)50(34-90)82-56(96)32-77-62(104)45(27-52(74)92)84-61(103)35(2)79-65(107)47(29-58(99)100)86-63(105)42(20-15-24-72)80-55(95)33-78-70(60)112/h11-14,16-19,31,35-36,42-50,60,76,90H,4-10,15,20-30,32-34,72-73H2,1-3H3,(H2,74,92)(H2,75,93)(H,77,104)(H,78,112)(H,79,107)(H,80,95)(H,81,94)(H,82,96)(H,83,111)(H,84,103)(H,85,108)(H,86,105)(H,87,109)(H,88,106)(H,89,110)(H,97,98)(H,99,100)(H,101,102)/t35-,36-,42+,43+,44+,45+,46+,47+,48+,49+,50-,60+/m1/s1. The first kappa shape index (κ1) is 93.7. The van der Waals surface area contributed by atoms with Crippen molar-refractivity contribution in [1.82, 2.24) is 74.1 Å². The molecule has 0 spiro atoms. The Morgan fingerprint density at radius 1 is 0.526 bits per heavy atom. The predicted octanol–water partition coefficient (Wildman–Crippen LogP) is -6.47. The highest BCUT2D eigenvalue weighted by Gasteiger charge is 2.40. The number of cyclic esters (lactones) is 1. The number of anilines is 1. The summed E-state index contributed by atoms with van der Waals surface area (Å²) in [5.41, 5.74) is 23.4. The predicted molar refractivity (Wildman–Crippen MR) is 397 cm³/mol. The number of hydrogen-bond donors (Lipinski definition) is 22. The number of hydrogen-bond acceptors (Lipinski definition) is 24. The van der Waals surface area contributed by atoms with Crippen LogP contribution >= 0.6 is 0 Å². The summed E-state index contributed by atoms with van der Waals surface area (Å²) in [5, 5.41) is 68.9. The molecule has 15 amide bonds. The fourth-order valence-corrected chi connectivity index (χ4v) is 11.5. The van der Waals surface area contributed by atoms with Crippen molar-refractivity contribution in [3.63, 3.8) is 0 Å². The van der Waals surface area contributed by atoms with Crippen LogP contribution in [0.1, 0.15) is 146 Å². The van der Waals surface area contributed by atoms with Crippen molar-refractivity contribution in [2.75, 3.05) is 32.0 Å². The third-order valence-corrected chi connectivity index (χ3v) is 17.5. The lowest BCUT2D eigenvalue weighted by molar-refractivity contribution is -0.156. The van der Waals surface area contributed by atoms with Crippen LogP contribution in [0.5, 0.6) is 0 Å². The zero-order valence-electron chi connectivity index (χ0n) is 62.9. The number of para-hydroxylation sites is 2. The van der Waals surface area contributed by atoms with Crippen LogP contribution in [0.15, 0.2) is 54.7 Å². The number of ether oxygens (including phenoxy) is 1. The average molecular weight is 1610 g/mol. The monoisotopic (exact) mass is 1600 g/mol. The summed E-state index contributed by atoms with van der Waals surface area (Å²) in [5.74, 6) is -27.4. The van der Waals surface area contributed by atoms with Crippen molar-refractivity contribution in [1.29, 1.82) is 0 Å². The minimum absolute atomic E-state index is 0.0159. The first-order valence-electron chi connectivity index (χ1n) is 36.5. The Morgan fingerprint density at radius 3 is 1.68 bits per heavy atom. The smallest absolute Gasteiger partial charge is 0.329 e. The minimum Gasteiger partial charge on any atom is -0.481 e. The molecule has 1 saturated heterocycles. The molecule has 0 bridgehead atoms. The number of aromatic nitrogens is 1. The number of aliphatic hydroxyl groups is 1. The zero-order chi connectivity index (χ0) is 84.9. The van der Waals surface area contributed by atoms with Crippen LogP contribution in [0.4, 0.5) is 5.69 Å². The van der Waals surface area contributed by atoms with Gasteiger partial charge in [-0.3, -0.25) is 91.1 Å². The number of benzene rings is 2. The van der Waals surface area contributed by atoms with Gasteiger partial charge >= 0.3 is 23.9 Å². The molecular weight excluding hydrogens is 1500 g/mol. The summed E-state index contributed by atoms with van der Waals surface area (Å²) in [6, 6.07) is -10.2. The molecule has 2 aromatic carbocycles. The van der Waals surface area contributed by atoms with Crippen molar-refractivity contribution >= 4 is 135 Å². The molecule has 43 nitrogen and oxygen atoms in total. The van der Waals surface area contributed by atoms with Crippen LogP contribution in [0.3, 0.4) is 0 Å². The van der Waals surface area contributed by atoms with E-state index in [4.69, 9.17) is 27.7 Å². The van der Waals surface area contributed by atoms with Gasteiger partial charge in [-0.05, 0) is 69.8 Å². The lowest BCUT2D eigenvalue weighted by Gasteiger charge is -2.29. The Hall–Kier alpha value is -12.7. The Morgan fingerprint density at radius 2 is 1.07 bits per heavy atom. The number of aliphatic hydroxyl groups excluding tert-OH is 1. The lowest BCUT2D eigenvalue weighted by Crippen LogP contribution is -2.61. The highest BCUT2D eigenvalue weighted by molar-refractivity contribution is 6.05. The van der Waals surface area contributed by atoms with Gasteiger partial charge in [0.05, 0.1) is 45.4 Å². The van der Waals surface area contributed by atoms with Gasteiger partial charge in [0.2, 0.25) is 88.6 Å². The highest BCUT2D eigenvalue weighted by atomic mass is 16.5. The Kier molecular flexibility index (Phi) is 39.0. The molecule has 0 aliphatic carbocycles. The summed E-state index contributed by atoms with van der Waals surface area (Å²) in [7, 11) is 0. The topological polar surface area (TPSA) is 708 Å². The number of rotatable bonds is 35. The first-order chi connectivity index (χ1) is 53.9. The van der Waals surface area contributed by atoms with Gasteiger partial charge in [-0.15, -0.1) is 0 Å². The number of carbonyl (C=O) groups excluding carboxylic acids is 17. The first-order valence-corrected chi connectivity index (χ1v) is 36.5. The van der Waals surface area contributed by atoms with Crippen LogP contribution in [0.25, 0.3) is 10.9 Å². The molecule has 624 valence electrons. The van der Waals surface area contributed by atoms with Crippen molar-refractivity contribution in [3.8, 4) is 0 Å². The quantitative estimate of drug-likeness (QED) is 0.0113. The third-order valence-electron chi connectivity index (χ3n) is 17.5. The van der Waals surface area contributed by atoms with E-state index in [0.29, 0.717) is 29.3 Å². The second-order valence-electron chi connectivity index (χ2n) is 26.8. The van der Waals surface area contributed by atoms with E-state index < -0.39 is 255 Å². The molecule has 12 atom stereocenters. The fraction of sp³-hybridized carbons (Fsp3) is 0.521. The molecule has 4 rings (SSSR count). The van der Waals surface area contributed by atoms with Crippen LogP contribution in [0.2, 0.25) is 0 Å². The largest absolute Gasteiger partial charge is 0.481 e. The van der Waals surface area contributed by atoms with Gasteiger partial charge in [-0.25, -0.2) is 4.79 Å². The van der Waals surface area contributed by atoms with E-state index in [0.717, 1.165) is 46.0 Å². The molecule has 0 radical (unpaired) electrons. The number of ketones is 1. The molecule has 1 fully saturated rings. The number of nitrogens with two attached hydrogens (primary N) is 4. The maximum absolute atomic E-state index is 14.8. The minimum atomic E-state index is -2.44. The molecule has 2 heterocycles. The number of fused-ring (bicyclic) bond motifs is 1. The number of nitrogens with one attached hydrogen (secondary N) is 14. The number of carboxylic acid groups (broad SMARTS) is 3. The van der Waals surface area contributed by atoms with Crippen molar-refractivity contribution in [3.05, 3.63) is 65.9 Å². The summed E-state index contributed by atoms with van der Waals surface area (Å²) < 4.78 is 5.66. The Bertz CT molecular complexity index is 4000. The zero-order valence-corrected chi connectivity index (χ0v) is 62.9. The van der Waals surface area contributed by atoms with E-state index in [1.54, 1.807) is 30.5 Å². The maximum Gasteiger partial charge on any atom is 0.329 e. The molecule has 114 heavy (non-hydrogen) atoms. The Balaban J connectivity index is 1.86. The number of nitrogen functional groups attached to an aromatic ring is 1. The number of H-pyrrole nitrogens is 1. The summed E-state index contributed by atoms with van der Waals surface area (Å²) in [4.78, 5) is 275. The number of esters is 1. The van der Waals surface area contributed by atoms with Crippen molar-refractivity contribution in [2.45, 2.75) is 209 Å². The van der Waals surface area contributed by atoms with Crippen LogP contribution < -0.4 is 92.1 Å². The highest BCUT2D eigenvalue weighted by Crippen LogP contribution is 2.21. The average Bonchev–Trinajstić information content (AvgIpc) is 1.64. The molecule has 26 N–H and O–H groups in total. The second kappa shape index (κ2) is 47.5. The summed E-state index contributed by atoms with van der Waals surface area (Å²) in [6.45, 7) is 0.141. The maximum atomic E-state index is 14.8. The van der Waals surface area contributed by atoms with Gasteiger partial charge in [0.1, 0.15) is 72.6 Å². The molecule has 0 saturated carbocycles. The SMILES string of the molecule is CCCCCCCCCC(=O)N[C@@H](Cc1c[nH]c2ccccc12)C(=O)N[C@@H](CC(N)=O)C(=O)N[C@@H](CC(=O)O)C(=O)N[C@@H]1C(=O)NCC(=O)N[C@@H](CCCN)C(=O)N[C@@H](CC(=O)O)C(=O)N[C@H](C)C(=O)N[C@@H](CC(N)=O)C(=O)NCC(=O)N[C@H](CO)C(=O)N[C@@H](CCC(=O)O)C(=O)N[C@@H](CC(=O)c2ccccc2N)C(=O)O[C@@H]1C. The normalized spacial score (nSPS) is 21.0. The van der Waals surface area contributed by atoms with Gasteiger partial charge < -0.3 is 122 Å². The molecule has 1 aliphatic rings. The number of aromatic amines is 1. The van der Waals surface area contributed by atoms with Gasteiger partial charge in [0.25, 0.3) is 0 Å². The van der Waals surface area contributed by atoms with Gasteiger partial charge in [0.15, 0.2) is 5.78 Å². The van der Waals surface area contributed by atoms with Gasteiger partial charge in [-0.2, -0.15) is 0 Å². The number of primary amides is 2.